The molecule has 1 aromatic carbocycles. The normalized spacial score (nSPS) is 21.5. The summed E-state index contributed by atoms with van der Waals surface area (Å²) in [6.07, 6.45) is 2.40. The van der Waals surface area contributed by atoms with Crippen molar-refractivity contribution in [2.45, 2.75) is 76.0 Å². The van der Waals surface area contributed by atoms with Crippen LogP contribution in [-0.2, 0) is 23.7 Å². The van der Waals surface area contributed by atoms with Crippen molar-refractivity contribution in [1.29, 1.82) is 0 Å². The molecule has 46 heavy (non-hydrogen) atoms. The smallest absolute Gasteiger partial charge is 0.409 e. The number of nitrogens with zero attached hydrogens (tertiary/aromatic N) is 1. The fourth-order valence-electron chi connectivity index (χ4n) is 5.85. The van der Waals surface area contributed by atoms with Gasteiger partial charge < -0.3 is 39.8 Å². The van der Waals surface area contributed by atoms with Crippen LogP contribution in [0.3, 0.4) is 0 Å². The second-order valence-electron chi connectivity index (χ2n) is 13.5. The summed E-state index contributed by atoms with van der Waals surface area (Å²) < 4.78 is 36.2. The fourth-order valence-corrected chi connectivity index (χ4v) is 6.80. The average Bonchev–Trinajstić information content (AvgIpc) is 3.00. The molecule has 2 saturated heterocycles. The van der Waals surface area contributed by atoms with Gasteiger partial charge in [-0.15, -0.1) is 0 Å². The van der Waals surface area contributed by atoms with Crippen molar-refractivity contribution in [3.63, 3.8) is 0 Å². The van der Waals surface area contributed by atoms with Crippen molar-refractivity contribution < 1.29 is 37.7 Å². The zero-order chi connectivity index (χ0) is 33.7. The van der Waals surface area contributed by atoms with Gasteiger partial charge in [-0.05, 0) is 67.8 Å². The Kier molecular flexibility index (Phi) is 15.5. The number of piperidine rings is 1. The zero-order valence-electron chi connectivity index (χ0n) is 27.9. The molecule has 1 aromatic rings. The van der Waals surface area contributed by atoms with Crippen LogP contribution in [0.5, 0.6) is 0 Å². The molecule has 0 aliphatic carbocycles. The quantitative estimate of drug-likeness (QED) is 0.174. The van der Waals surface area contributed by atoms with Crippen LogP contribution in [0.2, 0.25) is 30.7 Å². The topological polar surface area (TPSA) is 127 Å². The summed E-state index contributed by atoms with van der Waals surface area (Å²) >= 11 is 6.16. The largest absolute Gasteiger partial charge is 0.453 e. The third-order valence-electron chi connectivity index (χ3n) is 8.37. The van der Waals surface area contributed by atoms with E-state index in [-0.39, 0.29) is 42.1 Å². The number of hydrogen-bond acceptors (Lipinski definition) is 8. The highest BCUT2D eigenvalue weighted by Gasteiger charge is 2.34. The summed E-state index contributed by atoms with van der Waals surface area (Å²) in [7, 11) is 1.65. The minimum Gasteiger partial charge on any atom is -0.453 e. The highest BCUT2D eigenvalue weighted by atomic mass is 35.5. The second-order valence-corrected chi connectivity index (χ2v) is 19.6. The van der Waals surface area contributed by atoms with Crippen LogP contribution >= 0.6 is 11.6 Å². The molecule has 3 amide bonds. The number of ether oxygens (including phenoxy) is 4. The van der Waals surface area contributed by atoms with Gasteiger partial charge in [0.15, 0.2) is 0 Å². The number of carbonyl (C=O) groups excluding carboxylic acids is 3. The van der Waals surface area contributed by atoms with Gasteiger partial charge in [0.25, 0.3) is 0 Å². The number of amides is 3. The molecule has 0 aromatic heterocycles. The summed E-state index contributed by atoms with van der Waals surface area (Å²) in [5.41, 5.74) is 0.590. The van der Waals surface area contributed by atoms with E-state index in [1.54, 1.807) is 18.0 Å². The molecular weight excluding hydrogens is 635 g/mol. The molecular formula is C32H52ClFN4O7Si. The molecule has 260 valence electrons. The average molecular weight is 687 g/mol. The van der Waals surface area contributed by atoms with Crippen LogP contribution < -0.4 is 16.0 Å². The van der Waals surface area contributed by atoms with E-state index < -0.39 is 32.1 Å². The van der Waals surface area contributed by atoms with Gasteiger partial charge in [-0.25, -0.2) is 14.0 Å². The molecule has 0 spiro atoms. The van der Waals surface area contributed by atoms with E-state index in [4.69, 9.17) is 25.8 Å². The minimum atomic E-state index is -1.34. The molecule has 3 rings (SSSR count). The number of likely N-dealkylation sites (N-methyl/N-ethyl adjacent to an activating group) is 1. The summed E-state index contributed by atoms with van der Waals surface area (Å²) in [5.74, 6) is -0.380. The Bertz CT molecular complexity index is 1110. The summed E-state index contributed by atoms with van der Waals surface area (Å²) in [4.78, 5) is 39.3. The Hall–Kier alpha value is -2.45. The third-order valence-corrected chi connectivity index (χ3v) is 10.3. The molecule has 0 saturated carbocycles. The first kappa shape index (κ1) is 38.0. The van der Waals surface area contributed by atoms with Gasteiger partial charge in [0, 0.05) is 65.0 Å². The molecule has 14 heteroatoms. The van der Waals surface area contributed by atoms with Crippen LogP contribution in [-0.4, -0.2) is 103 Å². The van der Waals surface area contributed by atoms with Crippen molar-refractivity contribution in [2.24, 2.45) is 11.8 Å². The number of carbonyl (C=O) groups is 3. The Morgan fingerprint density at radius 2 is 1.96 bits per heavy atom. The van der Waals surface area contributed by atoms with E-state index in [1.807, 2.05) is 0 Å². The predicted molar refractivity (Wildman–Crippen MR) is 177 cm³/mol. The lowest BCUT2D eigenvalue weighted by molar-refractivity contribution is -0.125. The molecule has 0 radical (unpaired) electrons. The third kappa shape index (κ3) is 13.3. The molecule has 2 heterocycles. The molecule has 11 nitrogen and oxygen atoms in total. The van der Waals surface area contributed by atoms with Crippen LogP contribution in [0.1, 0.15) is 43.8 Å². The van der Waals surface area contributed by atoms with E-state index in [0.29, 0.717) is 57.0 Å². The number of rotatable bonds is 15. The fraction of sp³-hybridized carbons (Fsp3) is 0.719. The highest BCUT2D eigenvalue weighted by molar-refractivity contribution is 6.76. The van der Waals surface area contributed by atoms with Crippen molar-refractivity contribution in [3.8, 4) is 0 Å². The first-order valence-corrected chi connectivity index (χ1v) is 20.3. The molecule has 2 aliphatic rings. The Balaban J connectivity index is 1.60. The van der Waals surface area contributed by atoms with Crippen molar-refractivity contribution >= 4 is 37.8 Å². The molecule has 2 fully saturated rings. The second kappa shape index (κ2) is 18.8. The number of alkyl carbamates (subject to hydrolysis) is 1. The summed E-state index contributed by atoms with van der Waals surface area (Å²) in [5, 5.41) is 9.40. The molecule has 2 aliphatic heterocycles. The van der Waals surface area contributed by atoms with Gasteiger partial charge in [0.05, 0.1) is 32.5 Å². The van der Waals surface area contributed by atoms with E-state index in [2.05, 4.69) is 40.3 Å². The first-order chi connectivity index (χ1) is 21.8. The number of benzene rings is 1. The maximum atomic E-state index is 14.3. The lowest BCUT2D eigenvalue weighted by atomic mass is 9.86. The van der Waals surface area contributed by atoms with Crippen molar-refractivity contribution in [3.05, 3.63) is 34.6 Å². The van der Waals surface area contributed by atoms with Gasteiger partial charge in [-0.1, -0.05) is 31.2 Å². The monoisotopic (exact) mass is 686 g/mol. The van der Waals surface area contributed by atoms with Gasteiger partial charge in [0.2, 0.25) is 5.91 Å². The van der Waals surface area contributed by atoms with Crippen LogP contribution in [0.4, 0.5) is 14.0 Å². The van der Waals surface area contributed by atoms with Crippen LogP contribution in [0.25, 0.3) is 0 Å². The number of methoxy groups -OCH3 is 1. The first-order valence-electron chi connectivity index (χ1n) is 16.2. The Morgan fingerprint density at radius 1 is 1.17 bits per heavy atom. The number of halogens is 2. The lowest BCUT2D eigenvalue weighted by Gasteiger charge is -2.36. The van der Waals surface area contributed by atoms with E-state index in [9.17, 15) is 18.8 Å². The van der Waals surface area contributed by atoms with Gasteiger partial charge >= 0.3 is 12.2 Å². The molecule has 5 atom stereocenters. The van der Waals surface area contributed by atoms with E-state index in [1.165, 1.54) is 19.2 Å². The number of hydrogen-bond donors (Lipinski definition) is 3. The van der Waals surface area contributed by atoms with E-state index >= 15 is 0 Å². The number of nitrogens with one attached hydrogen (secondary N) is 3. The van der Waals surface area contributed by atoms with Gasteiger partial charge in [-0.2, -0.15) is 0 Å². The predicted octanol–water partition coefficient (Wildman–Crippen LogP) is 4.97. The zero-order valence-corrected chi connectivity index (χ0v) is 29.6. The summed E-state index contributed by atoms with van der Waals surface area (Å²) in [6, 6.07) is 4.50. The molecule has 0 bridgehead atoms. The van der Waals surface area contributed by atoms with Crippen LogP contribution in [0.15, 0.2) is 18.2 Å². The van der Waals surface area contributed by atoms with Gasteiger partial charge in [0.1, 0.15) is 5.82 Å². The van der Waals surface area contributed by atoms with Crippen LogP contribution in [0, 0.1) is 17.7 Å². The van der Waals surface area contributed by atoms with Crippen molar-refractivity contribution in [1.82, 2.24) is 20.9 Å². The maximum absolute atomic E-state index is 14.3. The standard InChI is InChI=1S/C32H52ClFN4O7Si/c1-38(32(41)45-13-14-46(3,4)5)20-27(15-22-7-6-11-43-21-22)37-30(39)28-9-8-23(19-36-28)29(44-12-10-35-31(40)42-2)24-16-25(33)18-26(34)17-24/h16-18,22-23,27-29,36H,6-15,19-21H2,1-5H3,(H,35,40)(H,37,39)/t22-,23?,27?,28-,29-/m1/s1. The van der Waals surface area contributed by atoms with Gasteiger partial charge in [-0.3, -0.25) is 4.79 Å². The molecule has 2 unspecified atom stereocenters. The Morgan fingerprint density at radius 3 is 2.59 bits per heavy atom. The maximum Gasteiger partial charge on any atom is 0.409 e. The minimum absolute atomic E-state index is 0.0766. The Labute approximate surface area is 278 Å². The van der Waals surface area contributed by atoms with E-state index in [0.717, 1.165) is 25.5 Å². The molecule has 3 N–H and O–H groups in total. The highest BCUT2D eigenvalue weighted by Crippen LogP contribution is 2.34. The van der Waals surface area contributed by atoms with Crippen molar-refractivity contribution in [2.75, 3.05) is 60.2 Å². The summed E-state index contributed by atoms with van der Waals surface area (Å²) in [6.45, 7) is 9.66. The SMILES string of the molecule is COC(=O)NCCO[C@@H](c1cc(F)cc(Cl)c1)C1CC[C@H](C(=O)NC(C[C@H]2CCCOC2)CN(C)C(=O)OCC[Si](C)(C)C)NC1. The lowest BCUT2D eigenvalue weighted by Crippen LogP contribution is -2.54.